The molecule has 0 fully saturated rings. The molecule has 21 heavy (non-hydrogen) atoms. The summed E-state index contributed by atoms with van der Waals surface area (Å²) in [6, 6.07) is 16.2. The molecular weight excluding hydrogens is 300 g/mol. The molecule has 0 saturated heterocycles. The smallest absolute Gasteiger partial charge is 0.234 e. The average Bonchev–Trinajstić information content (AvgIpc) is 2.81. The van der Waals surface area contributed by atoms with Gasteiger partial charge < -0.3 is 25.3 Å². The van der Waals surface area contributed by atoms with Crippen LogP contribution in [0, 0.1) is 0 Å². The Morgan fingerprint density at radius 2 is 1.14 bits per heavy atom. The number of hydrogen-bond acceptors (Lipinski definition) is 5. The van der Waals surface area contributed by atoms with Crippen molar-refractivity contribution in [2.24, 2.45) is 0 Å². The van der Waals surface area contributed by atoms with Crippen molar-refractivity contribution in [3.8, 4) is 5.95 Å². The largest absolute Gasteiger partial charge is 0.740 e. The van der Waals surface area contributed by atoms with Crippen molar-refractivity contribution in [1.29, 1.82) is 0 Å². The molecule has 4 rings (SSSR count). The summed E-state index contributed by atoms with van der Waals surface area (Å²) < 4.78 is 1.97. The standard InChI is InChI=1S/C15H10N4S2/c20-14-16-13(17-15(21)18-14)19-11-7-3-1-5-9(11)10-6-2-4-8-12(10)19/h1-8H,(H2,16,17,18,20,21)/p-2. The lowest BCUT2D eigenvalue weighted by Gasteiger charge is -2.13. The fourth-order valence-corrected chi connectivity index (χ4v) is 2.96. The molecule has 0 radical (unpaired) electrons. The molecule has 4 aromatic rings. The molecule has 0 amide bonds. The highest BCUT2D eigenvalue weighted by atomic mass is 32.1. The van der Waals surface area contributed by atoms with Crippen LogP contribution in [0.15, 0.2) is 58.8 Å². The van der Waals surface area contributed by atoms with Crippen molar-refractivity contribution in [2.75, 3.05) is 0 Å². The first-order valence-corrected chi connectivity index (χ1v) is 7.14. The molecule has 0 N–H and O–H groups in total. The van der Waals surface area contributed by atoms with Crippen molar-refractivity contribution in [3.63, 3.8) is 0 Å². The second-order valence-electron chi connectivity index (χ2n) is 4.57. The Morgan fingerprint density at radius 3 is 1.67 bits per heavy atom. The second kappa shape index (κ2) is 4.61. The number of nitrogens with zero attached hydrogens (tertiary/aromatic N) is 4. The molecule has 0 bridgehead atoms. The van der Waals surface area contributed by atoms with E-state index in [2.05, 4.69) is 27.1 Å². The molecule has 2 aromatic carbocycles. The maximum Gasteiger partial charge on any atom is 0.234 e. The van der Waals surface area contributed by atoms with Gasteiger partial charge >= 0.3 is 0 Å². The van der Waals surface area contributed by atoms with Gasteiger partial charge in [-0.3, -0.25) is 9.55 Å². The van der Waals surface area contributed by atoms with Crippen LogP contribution < -0.4 is 0 Å². The molecular formula is C15H8N4S2-2. The topological polar surface area (TPSA) is 43.6 Å². The molecule has 0 atom stereocenters. The lowest BCUT2D eigenvalue weighted by molar-refractivity contribution is 0.770. The summed E-state index contributed by atoms with van der Waals surface area (Å²) in [6.07, 6.45) is 0. The SMILES string of the molecule is [S-]c1nc([S-])nc(-n2c3ccccc3c3ccccc32)n1. The van der Waals surface area contributed by atoms with Gasteiger partial charge in [-0.25, -0.2) is 9.97 Å². The highest BCUT2D eigenvalue weighted by molar-refractivity contribution is 7.59. The zero-order valence-electron chi connectivity index (χ0n) is 10.7. The van der Waals surface area contributed by atoms with Crippen LogP contribution in [-0.2, 0) is 25.3 Å². The molecule has 2 aromatic heterocycles. The summed E-state index contributed by atoms with van der Waals surface area (Å²) in [6.45, 7) is 0. The Hall–Kier alpha value is -2.31. The Bertz CT molecular complexity index is 904. The van der Waals surface area contributed by atoms with E-state index in [1.165, 1.54) is 0 Å². The van der Waals surface area contributed by atoms with Crippen LogP contribution >= 0.6 is 0 Å². The fraction of sp³-hybridized carbons (Fsp3) is 0. The second-order valence-corrected chi connectivity index (χ2v) is 5.30. The number of benzene rings is 2. The van der Waals surface area contributed by atoms with Gasteiger partial charge in [0.2, 0.25) is 5.95 Å². The van der Waals surface area contributed by atoms with Gasteiger partial charge in [0.05, 0.1) is 11.0 Å². The van der Waals surface area contributed by atoms with Gasteiger partial charge in [0.1, 0.15) is 0 Å². The van der Waals surface area contributed by atoms with E-state index in [-0.39, 0.29) is 10.3 Å². The Balaban J connectivity index is 2.20. The van der Waals surface area contributed by atoms with Crippen LogP contribution in [0.4, 0.5) is 0 Å². The normalized spacial score (nSPS) is 11.2. The van der Waals surface area contributed by atoms with Crippen LogP contribution in [0.1, 0.15) is 0 Å². The minimum Gasteiger partial charge on any atom is -0.740 e. The Morgan fingerprint density at radius 1 is 0.667 bits per heavy atom. The zero-order valence-corrected chi connectivity index (χ0v) is 12.4. The molecule has 2 heterocycles. The third kappa shape index (κ3) is 1.91. The Kier molecular flexibility index (Phi) is 2.73. The van der Waals surface area contributed by atoms with Gasteiger partial charge in [0, 0.05) is 21.1 Å². The first kappa shape index (κ1) is 12.4. The molecule has 6 heteroatoms. The van der Waals surface area contributed by atoms with Crippen molar-refractivity contribution in [2.45, 2.75) is 10.3 Å². The fourth-order valence-electron chi connectivity index (χ4n) is 2.57. The highest BCUT2D eigenvalue weighted by Gasteiger charge is 2.12. The monoisotopic (exact) mass is 308 g/mol. The summed E-state index contributed by atoms with van der Waals surface area (Å²) in [5.41, 5.74) is 2.04. The van der Waals surface area contributed by atoms with E-state index >= 15 is 0 Å². The minimum absolute atomic E-state index is 0.215. The molecule has 0 spiro atoms. The third-order valence-electron chi connectivity index (χ3n) is 3.36. The number of aromatic nitrogens is 4. The lowest BCUT2D eigenvalue weighted by atomic mass is 10.2. The van der Waals surface area contributed by atoms with Gasteiger partial charge in [0.15, 0.2) is 0 Å². The lowest BCUT2D eigenvalue weighted by Crippen LogP contribution is -2.05. The average molecular weight is 308 g/mol. The molecule has 0 unspecified atom stereocenters. The minimum atomic E-state index is 0.215. The summed E-state index contributed by atoms with van der Waals surface area (Å²) in [7, 11) is 0. The number of rotatable bonds is 1. The first-order valence-electron chi connectivity index (χ1n) is 6.33. The quantitative estimate of drug-likeness (QED) is 0.506. The maximum atomic E-state index is 5.06. The van der Waals surface area contributed by atoms with Crippen molar-refractivity contribution in [1.82, 2.24) is 19.5 Å². The number of fused-ring (bicyclic) bond motifs is 3. The summed E-state index contributed by atoms with van der Waals surface area (Å²) in [5, 5.41) is 2.72. The summed E-state index contributed by atoms with van der Waals surface area (Å²) in [5.74, 6) is 0.470. The third-order valence-corrected chi connectivity index (χ3v) is 3.73. The maximum absolute atomic E-state index is 5.06. The summed E-state index contributed by atoms with van der Waals surface area (Å²) in [4.78, 5) is 12.4. The van der Waals surface area contributed by atoms with Crippen LogP contribution in [0.5, 0.6) is 0 Å². The summed E-state index contributed by atoms with van der Waals surface area (Å²) >= 11 is 10.1. The molecule has 4 nitrogen and oxygen atoms in total. The number of hydrogen-bond donors (Lipinski definition) is 0. The van der Waals surface area contributed by atoms with E-state index in [0.717, 1.165) is 21.8 Å². The molecule has 0 aliphatic rings. The molecule has 0 aliphatic carbocycles. The van der Waals surface area contributed by atoms with Crippen molar-refractivity contribution in [3.05, 3.63) is 48.5 Å². The van der Waals surface area contributed by atoms with Gasteiger partial charge in [-0.05, 0) is 12.1 Å². The highest BCUT2D eigenvalue weighted by Crippen LogP contribution is 2.30. The van der Waals surface area contributed by atoms with Crippen molar-refractivity contribution >= 4 is 47.1 Å². The number of para-hydroxylation sites is 2. The van der Waals surface area contributed by atoms with Crippen molar-refractivity contribution < 1.29 is 0 Å². The molecule has 0 saturated carbocycles. The van der Waals surface area contributed by atoms with Crippen LogP contribution in [-0.4, -0.2) is 19.5 Å². The Labute approximate surface area is 131 Å². The zero-order chi connectivity index (χ0) is 14.4. The van der Waals surface area contributed by atoms with Gasteiger partial charge in [-0.15, -0.1) is 0 Å². The first-order chi connectivity index (χ1) is 10.2. The predicted octanol–water partition coefficient (Wildman–Crippen LogP) is 2.78. The van der Waals surface area contributed by atoms with Gasteiger partial charge in [-0.2, -0.15) is 0 Å². The predicted molar refractivity (Wildman–Crippen MR) is 85.4 cm³/mol. The van der Waals surface area contributed by atoms with E-state index in [0.29, 0.717) is 5.95 Å². The van der Waals surface area contributed by atoms with Gasteiger partial charge in [-0.1, -0.05) is 36.4 Å². The van der Waals surface area contributed by atoms with E-state index in [9.17, 15) is 0 Å². The van der Waals surface area contributed by atoms with E-state index in [4.69, 9.17) is 25.3 Å². The van der Waals surface area contributed by atoms with E-state index in [1.807, 2.05) is 41.0 Å². The van der Waals surface area contributed by atoms with Crippen LogP contribution in [0.25, 0.3) is 27.8 Å². The molecule has 0 aliphatic heterocycles. The van der Waals surface area contributed by atoms with Crippen LogP contribution in [0.2, 0.25) is 0 Å². The van der Waals surface area contributed by atoms with E-state index in [1.54, 1.807) is 0 Å². The van der Waals surface area contributed by atoms with E-state index < -0.39 is 0 Å². The molecule has 102 valence electrons. The van der Waals surface area contributed by atoms with Gasteiger partial charge in [0.25, 0.3) is 0 Å². The van der Waals surface area contributed by atoms with Crippen LogP contribution in [0.3, 0.4) is 0 Å².